The molecule has 4 rings (SSSR count). The van der Waals surface area contributed by atoms with Gasteiger partial charge in [0.2, 0.25) is 0 Å². The zero-order valence-electron chi connectivity index (χ0n) is 16.9. The molecule has 2 aromatic heterocycles. The van der Waals surface area contributed by atoms with Gasteiger partial charge < -0.3 is 9.84 Å². The average molecular weight is 487 g/mol. The van der Waals surface area contributed by atoms with Gasteiger partial charge in [-0.25, -0.2) is 0 Å². The molecule has 0 saturated heterocycles. The first-order valence-corrected chi connectivity index (χ1v) is 10.9. The molecular weight excluding hydrogens is 452 g/mol. The lowest BCUT2D eigenvalue weighted by molar-refractivity contribution is 0.321. The highest BCUT2D eigenvalue weighted by atomic mass is 79.9. The molecule has 0 bridgehead atoms. The fourth-order valence-corrected chi connectivity index (χ4v) is 2.52. The Morgan fingerprint density at radius 1 is 0.806 bits per heavy atom. The maximum absolute atomic E-state index is 9.33. The van der Waals surface area contributed by atoms with E-state index >= 15 is 0 Å². The van der Waals surface area contributed by atoms with Crippen molar-refractivity contribution in [1.29, 1.82) is 0 Å². The van der Waals surface area contributed by atoms with Crippen molar-refractivity contribution in [1.82, 2.24) is 9.97 Å². The van der Waals surface area contributed by atoms with E-state index in [2.05, 4.69) is 45.8 Å². The van der Waals surface area contributed by atoms with Crippen LogP contribution in [0.15, 0.2) is 73.3 Å². The lowest BCUT2D eigenvalue weighted by Crippen LogP contribution is -1.95. The number of alkyl halides is 1. The highest BCUT2D eigenvalue weighted by molar-refractivity contribution is 9.09. The van der Waals surface area contributed by atoms with E-state index in [1.54, 1.807) is 24.7 Å². The van der Waals surface area contributed by atoms with Gasteiger partial charge in [-0.15, -0.1) is 0 Å². The number of hydrogen-bond acceptors (Lipinski definition) is 4. The number of halogens is 1. The van der Waals surface area contributed by atoms with Crippen LogP contribution in [0.2, 0.25) is 0 Å². The van der Waals surface area contributed by atoms with Gasteiger partial charge in [0.1, 0.15) is 11.5 Å². The summed E-state index contributed by atoms with van der Waals surface area (Å²) in [6.45, 7) is 4.99. The highest BCUT2D eigenvalue weighted by Gasteiger charge is 2.00. The molecule has 0 radical (unpaired) electrons. The molecule has 4 aromatic rings. The molecule has 0 aliphatic rings. The Balaban J connectivity index is 0.000000478. The molecule has 2 heterocycles. The highest BCUT2D eigenvalue weighted by Crippen LogP contribution is 2.24. The third-order valence-corrected chi connectivity index (χ3v) is 4.75. The lowest BCUT2D eigenvalue weighted by atomic mass is 10.1. The van der Waals surface area contributed by atoms with Crippen molar-refractivity contribution >= 4 is 37.5 Å². The third-order valence-electron chi connectivity index (χ3n) is 3.95. The number of fused-ring (bicyclic) bond motifs is 2. The Kier molecular flexibility index (Phi) is 14.7. The first-order chi connectivity index (χ1) is 14.2. The summed E-state index contributed by atoms with van der Waals surface area (Å²) in [5, 5.41) is 14.5. The molecule has 0 spiro atoms. The number of nitrogens with zero attached hydrogens (tertiary/aromatic N) is 2. The van der Waals surface area contributed by atoms with E-state index in [9.17, 15) is 5.11 Å². The number of rotatable bonds is 4. The number of hydrogen-bond donors (Lipinski definition) is 1. The molecular formula is C26H35BrN2O2. The van der Waals surface area contributed by atoms with Crippen LogP contribution < -0.4 is 4.74 Å². The predicted molar refractivity (Wildman–Crippen MR) is 138 cm³/mol. The fourth-order valence-electron chi connectivity index (χ4n) is 2.52. The van der Waals surface area contributed by atoms with Crippen LogP contribution >= 0.6 is 15.9 Å². The summed E-state index contributed by atoms with van der Waals surface area (Å²) >= 11 is 3.25. The van der Waals surface area contributed by atoms with Gasteiger partial charge in [0, 0.05) is 40.9 Å². The van der Waals surface area contributed by atoms with Crippen molar-refractivity contribution < 1.29 is 9.84 Å². The quantitative estimate of drug-likeness (QED) is 0.296. The van der Waals surface area contributed by atoms with Crippen molar-refractivity contribution in [2.24, 2.45) is 0 Å². The summed E-state index contributed by atoms with van der Waals surface area (Å²) < 4.78 is 5.63. The summed E-state index contributed by atoms with van der Waals surface area (Å²) in [7, 11) is 0. The molecule has 0 amide bonds. The van der Waals surface area contributed by atoms with Gasteiger partial charge >= 0.3 is 0 Å². The summed E-state index contributed by atoms with van der Waals surface area (Å²) in [4.78, 5) is 8.02. The Hall–Kier alpha value is -2.66. The van der Waals surface area contributed by atoms with Gasteiger partial charge in [-0.1, -0.05) is 68.9 Å². The molecule has 2 aromatic carbocycles. The van der Waals surface area contributed by atoms with E-state index in [-0.39, 0.29) is 20.6 Å². The van der Waals surface area contributed by atoms with E-state index in [1.807, 2.05) is 42.6 Å². The number of phenolic OH excluding ortho intramolecular Hbond substituents is 1. The van der Waals surface area contributed by atoms with Crippen LogP contribution in [0, 0.1) is 0 Å². The Morgan fingerprint density at radius 3 is 1.90 bits per heavy atom. The zero-order valence-corrected chi connectivity index (χ0v) is 18.5. The maximum atomic E-state index is 9.33. The predicted octanol–water partition coefficient (Wildman–Crippen LogP) is 8.03. The number of aromatic nitrogens is 2. The van der Waals surface area contributed by atoms with Gasteiger partial charge in [0.05, 0.1) is 6.61 Å². The molecule has 0 aliphatic heterocycles. The smallest absolute Gasteiger partial charge is 0.128 e. The van der Waals surface area contributed by atoms with Gasteiger partial charge in [0.25, 0.3) is 0 Å². The molecule has 31 heavy (non-hydrogen) atoms. The Morgan fingerprint density at radius 2 is 1.35 bits per heavy atom. The average Bonchev–Trinajstić information content (AvgIpc) is 2.78. The zero-order chi connectivity index (χ0) is 20.9. The van der Waals surface area contributed by atoms with E-state index in [0.717, 1.165) is 40.3 Å². The molecule has 0 saturated carbocycles. The first-order valence-electron chi connectivity index (χ1n) is 9.74. The lowest BCUT2D eigenvalue weighted by Gasteiger charge is -2.07. The van der Waals surface area contributed by atoms with Crippen LogP contribution in [0.25, 0.3) is 21.5 Å². The second-order valence-corrected chi connectivity index (χ2v) is 7.06. The topological polar surface area (TPSA) is 55.2 Å². The number of benzene rings is 2. The SMILES string of the molecule is C.C.CCCBr.CCCOc1cccc2ccncc12.Oc1cccc2ccncc12. The van der Waals surface area contributed by atoms with Crippen molar-refractivity contribution in [3.63, 3.8) is 0 Å². The molecule has 0 fully saturated rings. The number of ether oxygens (including phenoxy) is 1. The largest absolute Gasteiger partial charge is 0.507 e. The minimum atomic E-state index is 0. The van der Waals surface area contributed by atoms with E-state index in [1.165, 1.54) is 11.8 Å². The van der Waals surface area contributed by atoms with Crippen LogP contribution in [-0.2, 0) is 0 Å². The second-order valence-electron chi connectivity index (χ2n) is 6.26. The van der Waals surface area contributed by atoms with Crippen molar-refractivity contribution in [2.45, 2.75) is 41.5 Å². The van der Waals surface area contributed by atoms with Crippen LogP contribution in [0.1, 0.15) is 41.5 Å². The van der Waals surface area contributed by atoms with Crippen molar-refractivity contribution in [2.75, 3.05) is 11.9 Å². The van der Waals surface area contributed by atoms with Gasteiger partial charge in [-0.2, -0.15) is 0 Å². The van der Waals surface area contributed by atoms with Crippen molar-refractivity contribution in [3.8, 4) is 11.5 Å². The first kappa shape index (κ1) is 28.3. The summed E-state index contributed by atoms with van der Waals surface area (Å²) in [5.41, 5.74) is 0. The molecule has 168 valence electrons. The number of aromatic hydroxyl groups is 1. The Labute approximate surface area is 195 Å². The maximum Gasteiger partial charge on any atom is 0.128 e. The van der Waals surface area contributed by atoms with Crippen LogP contribution in [0.3, 0.4) is 0 Å². The van der Waals surface area contributed by atoms with E-state index < -0.39 is 0 Å². The van der Waals surface area contributed by atoms with Crippen LogP contribution in [0.4, 0.5) is 0 Å². The minimum Gasteiger partial charge on any atom is -0.507 e. The van der Waals surface area contributed by atoms with Gasteiger partial charge in [-0.3, -0.25) is 9.97 Å². The van der Waals surface area contributed by atoms with Crippen molar-refractivity contribution in [3.05, 3.63) is 73.3 Å². The van der Waals surface area contributed by atoms with E-state index in [4.69, 9.17) is 4.74 Å². The normalized spacial score (nSPS) is 9.26. The fraction of sp³-hybridized carbons (Fsp3) is 0.308. The summed E-state index contributed by atoms with van der Waals surface area (Å²) in [6, 6.07) is 15.3. The van der Waals surface area contributed by atoms with E-state index in [0.29, 0.717) is 0 Å². The Bertz CT molecular complexity index is 996. The van der Waals surface area contributed by atoms with Crippen LogP contribution in [-0.4, -0.2) is 27.0 Å². The second kappa shape index (κ2) is 16.1. The van der Waals surface area contributed by atoms with Crippen LogP contribution in [0.5, 0.6) is 11.5 Å². The number of phenols is 1. The molecule has 4 nitrogen and oxygen atoms in total. The molecule has 0 atom stereocenters. The summed E-state index contributed by atoms with van der Waals surface area (Å²) in [6.07, 6.45) is 9.27. The van der Waals surface area contributed by atoms with Gasteiger partial charge in [0.15, 0.2) is 0 Å². The standard InChI is InChI=1S/C12H13NO.C9H7NO.C3H7Br.2CH4/c1-2-8-14-12-5-3-4-10-6-7-13-9-11(10)12;11-9-3-1-2-7-4-5-10-6-8(7)9;1-2-3-4;;/h3-7,9H,2,8H2,1H3;1-6,11H;2-3H2,1H3;2*1H4. The number of pyridine rings is 2. The molecule has 1 N–H and O–H groups in total. The molecule has 5 heteroatoms. The third kappa shape index (κ3) is 8.93. The molecule has 0 unspecified atom stereocenters. The monoisotopic (exact) mass is 486 g/mol. The molecule has 0 aliphatic carbocycles. The summed E-state index contributed by atoms with van der Waals surface area (Å²) in [5.74, 6) is 1.22. The van der Waals surface area contributed by atoms with Gasteiger partial charge in [-0.05, 0) is 47.9 Å². The minimum absolute atomic E-state index is 0.